The summed E-state index contributed by atoms with van der Waals surface area (Å²) in [6.07, 6.45) is 0. The zero-order valence-electron chi connectivity index (χ0n) is 33.9. The van der Waals surface area contributed by atoms with Crippen LogP contribution in [0.2, 0.25) is 0 Å². The van der Waals surface area contributed by atoms with Gasteiger partial charge in [0.25, 0.3) is 0 Å². The molecule has 0 fully saturated rings. The molecule has 9 aromatic carbocycles. The molecular weight excluding hydrogens is 787 g/mol. The molecule has 13 rings (SSSR count). The van der Waals surface area contributed by atoms with Crippen LogP contribution in [0, 0.1) is 0 Å². The maximum Gasteiger partial charge on any atom is 0.166 e. The number of nitrogens with zero attached hydrogens (tertiary/aromatic N) is 5. The summed E-state index contributed by atoms with van der Waals surface area (Å²) in [6.45, 7) is 0. The summed E-state index contributed by atoms with van der Waals surface area (Å²) in [6, 6.07) is 75.4. The minimum Gasteiger partial charge on any atom is -0.308 e. The molecule has 0 spiro atoms. The predicted octanol–water partition coefficient (Wildman–Crippen LogP) is 15.1. The van der Waals surface area contributed by atoms with Crippen LogP contribution in [0.5, 0.6) is 0 Å². The van der Waals surface area contributed by atoms with Crippen molar-refractivity contribution < 1.29 is 0 Å². The molecule has 0 saturated carbocycles. The van der Waals surface area contributed by atoms with Crippen LogP contribution in [-0.4, -0.2) is 24.1 Å². The van der Waals surface area contributed by atoms with Gasteiger partial charge in [-0.2, -0.15) is 0 Å². The molecule has 0 radical (unpaired) electrons. The second-order valence-corrected chi connectivity index (χ2v) is 17.0. The Morgan fingerprint density at radius 2 is 0.730 bits per heavy atom. The normalized spacial score (nSPS) is 11.8. The highest BCUT2D eigenvalue weighted by molar-refractivity contribution is 7.27. The van der Waals surface area contributed by atoms with E-state index in [4.69, 9.17) is 15.0 Å². The topological polar surface area (TPSA) is 48.5 Å². The van der Waals surface area contributed by atoms with Crippen LogP contribution < -0.4 is 0 Å². The summed E-state index contributed by atoms with van der Waals surface area (Å²) < 4.78 is 7.42. The van der Waals surface area contributed by atoms with Crippen molar-refractivity contribution in [2.45, 2.75) is 0 Å². The molecule has 0 aliphatic heterocycles. The number of hydrogen-bond donors (Lipinski definition) is 0. The molecule has 0 atom stereocenters. The highest BCUT2D eigenvalue weighted by Gasteiger charge is 2.24. The monoisotopic (exact) mass is 821 g/mol. The van der Waals surface area contributed by atoms with Gasteiger partial charge in [0, 0.05) is 54.7 Å². The molecular formula is C57H35N5S. The van der Waals surface area contributed by atoms with Gasteiger partial charge in [0.15, 0.2) is 17.5 Å². The summed E-state index contributed by atoms with van der Waals surface area (Å²) in [7, 11) is 0. The highest BCUT2D eigenvalue weighted by Crippen LogP contribution is 2.47. The van der Waals surface area contributed by atoms with Crippen LogP contribution in [0.1, 0.15) is 0 Å². The van der Waals surface area contributed by atoms with E-state index in [0.717, 1.165) is 33.6 Å². The lowest BCUT2D eigenvalue weighted by Gasteiger charge is -2.15. The average molecular weight is 822 g/mol. The molecule has 63 heavy (non-hydrogen) atoms. The zero-order valence-corrected chi connectivity index (χ0v) is 34.7. The molecule has 0 unspecified atom stereocenters. The number of fused-ring (bicyclic) bond motifs is 11. The van der Waals surface area contributed by atoms with Crippen LogP contribution in [0.25, 0.3) is 120 Å². The van der Waals surface area contributed by atoms with Crippen LogP contribution in [-0.2, 0) is 0 Å². The Kier molecular flexibility index (Phi) is 8.01. The standard InChI is InChI=1S/C57H35N5S/c1-4-16-36(17-5-1)37-28-30-40(31-29-37)61-48-25-13-10-22-41(48)43-32-34-45-46-35-33-44-42-23-11-14-26-49(42)62(52(44)54(46)63-53(45)51(43)61)50-27-15-12-24-47(50)57-59-55(38-18-6-2-7-19-38)58-56(60-57)39-20-8-3-9-21-39/h1-35H. The molecule has 0 aliphatic carbocycles. The fourth-order valence-corrected chi connectivity index (χ4v) is 10.9. The third-order valence-electron chi connectivity index (χ3n) is 12.4. The van der Waals surface area contributed by atoms with Crippen molar-refractivity contribution in [3.05, 3.63) is 212 Å². The van der Waals surface area contributed by atoms with Crippen molar-refractivity contribution in [3.63, 3.8) is 0 Å². The maximum atomic E-state index is 5.21. The molecule has 0 bridgehead atoms. The summed E-state index contributed by atoms with van der Waals surface area (Å²) in [4.78, 5) is 15.4. The first-order valence-electron chi connectivity index (χ1n) is 21.2. The lowest BCUT2D eigenvalue weighted by Crippen LogP contribution is -2.03. The molecule has 6 heteroatoms. The van der Waals surface area contributed by atoms with Gasteiger partial charge in [-0.05, 0) is 47.5 Å². The minimum atomic E-state index is 0.622. The van der Waals surface area contributed by atoms with Gasteiger partial charge in [-0.15, -0.1) is 11.3 Å². The van der Waals surface area contributed by atoms with Crippen molar-refractivity contribution in [3.8, 4) is 56.7 Å². The molecule has 0 N–H and O–H groups in total. The number of aromatic nitrogens is 5. The van der Waals surface area contributed by atoms with E-state index in [1.807, 2.05) is 47.7 Å². The second kappa shape index (κ2) is 14.2. The fourth-order valence-electron chi connectivity index (χ4n) is 9.53. The third kappa shape index (κ3) is 5.59. The molecule has 4 heterocycles. The van der Waals surface area contributed by atoms with E-state index >= 15 is 0 Å². The number of para-hydroxylation sites is 3. The van der Waals surface area contributed by atoms with Crippen LogP contribution in [0.3, 0.4) is 0 Å². The van der Waals surface area contributed by atoms with Gasteiger partial charge >= 0.3 is 0 Å². The molecule has 0 amide bonds. The SMILES string of the molecule is c1ccc(-c2ccc(-n3c4ccccc4c4ccc5c6ccc7c8ccccc8n(-c8ccccc8-c8nc(-c9ccccc9)nc(-c9ccccc9)n8)c7c6sc5c43)cc2)cc1. The van der Waals surface area contributed by atoms with Crippen molar-refractivity contribution in [1.82, 2.24) is 24.1 Å². The smallest absolute Gasteiger partial charge is 0.166 e. The molecule has 0 saturated heterocycles. The van der Waals surface area contributed by atoms with Crippen LogP contribution >= 0.6 is 11.3 Å². The lowest BCUT2D eigenvalue weighted by molar-refractivity contribution is 1.06. The Labute approximate surface area is 366 Å². The van der Waals surface area contributed by atoms with E-state index in [0.29, 0.717) is 17.5 Å². The van der Waals surface area contributed by atoms with Gasteiger partial charge in [-0.1, -0.05) is 176 Å². The van der Waals surface area contributed by atoms with Crippen molar-refractivity contribution in [2.24, 2.45) is 0 Å². The van der Waals surface area contributed by atoms with Gasteiger partial charge in [0.05, 0.1) is 37.2 Å². The van der Waals surface area contributed by atoms with Crippen LogP contribution in [0.15, 0.2) is 212 Å². The molecule has 13 aromatic rings. The molecule has 5 nitrogen and oxygen atoms in total. The minimum absolute atomic E-state index is 0.622. The van der Waals surface area contributed by atoms with Gasteiger partial charge in [-0.25, -0.2) is 15.0 Å². The van der Waals surface area contributed by atoms with E-state index in [-0.39, 0.29) is 0 Å². The number of benzene rings is 9. The second-order valence-electron chi connectivity index (χ2n) is 16.0. The summed E-state index contributed by atoms with van der Waals surface area (Å²) in [5, 5.41) is 7.38. The van der Waals surface area contributed by atoms with Gasteiger partial charge in [0.2, 0.25) is 0 Å². The first-order valence-corrected chi connectivity index (χ1v) is 22.0. The first-order chi connectivity index (χ1) is 31.3. The lowest BCUT2D eigenvalue weighted by atomic mass is 10.1. The van der Waals surface area contributed by atoms with E-state index < -0.39 is 0 Å². The maximum absolute atomic E-state index is 5.21. The Morgan fingerprint density at radius 1 is 0.302 bits per heavy atom. The number of rotatable bonds is 6. The summed E-state index contributed by atoms with van der Waals surface area (Å²) >= 11 is 1.89. The first kappa shape index (κ1) is 35.6. The number of thiophene rings is 1. The van der Waals surface area contributed by atoms with Crippen molar-refractivity contribution in [2.75, 3.05) is 0 Å². The van der Waals surface area contributed by atoms with Gasteiger partial charge in [0.1, 0.15) is 0 Å². The van der Waals surface area contributed by atoms with Gasteiger partial charge in [-0.3, -0.25) is 0 Å². The Bertz CT molecular complexity index is 3830. The Balaban J connectivity index is 1.09. The van der Waals surface area contributed by atoms with E-state index in [1.165, 1.54) is 69.4 Å². The summed E-state index contributed by atoms with van der Waals surface area (Å²) in [5.41, 5.74) is 12.1. The molecule has 0 aliphatic rings. The zero-order chi connectivity index (χ0) is 41.4. The Morgan fingerprint density at radius 3 is 1.32 bits per heavy atom. The van der Waals surface area contributed by atoms with Gasteiger partial charge < -0.3 is 9.13 Å². The van der Waals surface area contributed by atoms with E-state index in [1.54, 1.807) is 0 Å². The quantitative estimate of drug-likeness (QED) is 0.168. The number of hydrogen-bond acceptors (Lipinski definition) is 4. The van der Waals surface area contributed by atoms with Crippen molar-refractivity contribution in [1.29, 1.82) is 0 Å². The Hall–Kier alpha value is -8.19. The molecule has 294 valence electrons. The van der Waals surface area contributed by atoms with Crippen LogP contribution in [0.4, 0.5) is 0 Å². The summed E-state index contributed by atoms with van der Waals surface area (Å²) in [5.74, 6) is 1.90. The predicted molar refractivity (Wildman–Crippen MR) is 263 cm³/mol. The van der Waals surface area contributed by atoms with E-state index in [2.05, 4.69) is 185 Å². The highest BCUT2D eigenvalue weighted by atomic mass is 32.1. The fraction of sp³-hybridized carbons (Fsp3) is 0. The van der Waals surface area contributed by atoms with E-state index in [9.17, 15) is 0 Å². The third-order valence-corrected chi connectivity index (χ3v) is 13.6. The average Bonchev–Trinajstić information content (AvgIpc) is 4.03. The largest absolute Gasteiger partial charge is 0.308 e. The molecule has 4 aromatic heterocycles. The van der Waals surface area contributed by atoms with Crippen molar-refractivity contribution >= 4 is 75.1 Å².